The molecule has 0 atom stereocenters. The van der Waals surface area contributed by atoms with Gasteiger partial charge in [0.25, 0.3) is 5.91 Å². The van der Waals surface area contributed by atoms with E-state index in [0.29, 0.717) is 18.1 Å². The molecule has 25 heavy (non-hydrogen) atoms. The van der Waals surface area contributed by atoms with Crippen LogP contribution in [0.2, 0.25) is 0 Å². The van der Waals surface area contributed by atoms with Crippen LogP contribution < -0.4 is 9.80 Å². The Balaban J connectivity index is 1.70. The molecule has 0 radical (unpaired) electrons. The number of carbonyl (C=O) groups excluding carboxylic acids is 1. The van der Waals surface area contributed by atoms with Crippen molar-refractivity contribution < 1.29 is 4.79 Å². The molecule has 1 aromatic heterocycles. The fraction of sp³-hybridized carbons (Fsp3) is 0.150. The number of carbonyl (C=O) groups is 1. The summed E-state index contributed by atoms with van der Waals surface area (Å²) < 4.78 is 0. The number of hydrogen-bond acceptors (Lipinski definition) is 4. The summed E-state index contributed by atoms with van der Waals surface area (Å²) >= 11 is 0. The first kappa shape index (κ1) is 16.6. The van der Waals surface area contributed by atoms with Gasteiger partial charge in [0.15, 0.2) is 0 Å². The summed E-state index contributed by atoms with van der Waals surface area (Å²) in [5.41, 5.74) is 2.47. The molecule has 2 aromatic carbocycles. The van der Waals surface area contributed by atoms with E-state index < -0.39 is 0 Å². The van der Waals surface area contributed by atoms with Crippen molar-refractivity contribution in [3.8, 4) is 0 Å². The number of rotatable bonds is 5. The molecule has 0 fully saturated rings. The van der Waals surface area contributed by atoms with E-state index in [1.54, 1.807) is 24.3 Å². The van der Waals surface area contributed by atoms with Gasteiger partial charge in [-0.15, -0.1) is 0 Å². The highest BCUT2D eigenvalue weighted by atomic mass is 16.2. The first-order valence-corrected chi connectivity index (χ1v) is 8.05. The third-order valence-corrected chi connectivity index (χ3v) is 3.94. The zero-order valence-corrected chi connectivity index (χ0v) is 14.3. The highest BCUT2D eigenvalue weighted by molar-refractivity contribution is 6.05. The van der Waals surface area contributed by atoms with E-state index in [-0.39, 0.29) is 5.91 Å². The average molecular weight is 332 g/mol. The number of anilines is 2. The zero-order valence-electron chi connectivity index (χ0n) is 14.3. The van der Waals surface area contributed by atoms with Crippen molar-refractivity contribution in [2.24, 2.45) is 0 Å². The number of amides is 1. The lowest BCUT2D eigenvalue weighted by Gasteiger charge is -2.19. The molecule has 5 heteroatoms. The van der Waals surface area contributed by atoms with Gasteiger partial charge in [-0.3, -0.25) is 4.79 Å². The highest BCUT2D eigenvalue weighted by Gasteiger charge is 2.15. The Labute approximate surface area is 147 Å². The summed E-state index contributed by atoms with van der Waals surface area (Å²) in [4.78, 5) is 24.8. The molecule has 0 aliphatic heterocycles. The molecule has 3 aromatic rings. The van der Waals surface area contributed by atoms with Crippen molar-refractivity contribution in [3.63, 3.8) is 0 Å². The second-order valence-corrected chi connectivity index (χ2v) is 5.81. The van der Waals surface area contributed by atoms with Crippen molar-refractivity contribution in [1.82, 2.24) is 9.97 Å². The fourth-order valence-corrected chi connectivity index (χ4v) is 2.52. The molecule has 0 N–H and O–H groups in total. The molecule has 0 aliphatic rings. The third kappa shape index (κ3) is 4.01. The Morgan fingerprint density at radius 3 is 2.04 bits per heavy atom. The van der Waals surface area contributed by atoms with Crippen molar-refractivity contribution in [1.29, 1.82) is 0 Å². The van der Waals surface area contributed by atoms with Crippen LogP contribution in [0, 0.1) is 0 Å². The van der Waals surface area contributed by atoms with Gasteiger partial charge in [0.1, 0.15) is 0 Å². The molecule has 3 rings (SSSR count). The monoisotopic (exact) mass is 332 g/mol. The Morgan fingerprint density at radius 1 is 0.880 bits per heavy atom. The van der Waals surface area contributed by atoms with Crippen LogP contribution in [0.3, 0.4) is 0 Å². The molecule has 1 heterocycles. The van der Waals surface area contributed by atoms with Crippen molar-refractivity contribution in [2.45, 2.75) is 6.54 Å². The Kier molecular flexibility index (Phi) is 5.04. The summed E-state index contributed by atoms with van der Waals surface area (Å²) in [6.07, 6.45) is 3.15. The largest absolute Gasteiger partial charge is 0.340 e. The molecule has 1 amide bonds. The lowest BCUT2D eigenvalue weighted by molar-refractivity contribution is 0.0992. The van der Waals surface area contributed by atoms with Crippen LogP contribution in [-0.4, -0.2) is 30.0 Å². The summed E-state index contributed by atoms with van der Waals surface area (Å²) in [5.74, 6) is 0.450. The highest BCUT2D eigenvalue weighted by Crippen LogP contribution is 2.15. The first-order valence-electron chi connectivity index (χ1n) is 8.05. The minimum absolute atomic E-state index is 0.136. The van der Waals surface area contributed by atoms with Crippen LogP contribution in [0.15, 0.2) is 73.1 Å². The minimum Gasteiger partial charge on any atom is -0.340 e. The van der Waals surface area contributed by atoms with Gasteiger partial charge < -0.3 is 9.80 Å². The van der Waals surface area contributed by atoms with E-state index in [9.17, 15) is 4.79 Å². The van der Waals surface area contributed by atoms with Crippen LogP contribution in [0.25, 0.3) is 0 Å². The van der Waals surface area contributed by atoms with E-state index in [4.69, 9.17) is 0 Å². The molecule has 0 saturated heterocycles. The molecule has 0 spiro atoms. The molecular weight excluding hydrogens is 312 g/mol. The lowest BCUT2D eigenvalue weighted by Crippen LogP contribution is -2.27. The smallest absolute Gasteiger partial charge is 0.261 e. The van der Waals surface area contributed by atoms with Crippen LogP contribution in [0.5, 0.6) is 0 Å². The normalized spacial score (nSPS) is 10.3. The Hall–Kier alpha value is -3.21. The second kappa shape index (κ2) is 7.57. The van der Waals surface area contributed by atoms with Gasteiger partial charge in [-0.25, -0.2) is 9.97 Å². The van der Waals surface area contributed by atoms with Crippen LogP contribution in [0.1, 0.15) is 15.9 Å². The summed E-state index contributed by atoms with van der Waals surface area (Å²) in [6.45, 7) is 0.706. The molecule has 5 nitrogen and oxygen atoms in total. The Bertz CT molecular complexity index is 819. The number of hydrogen-bond donors (Lipinski definition) is 0. The molecule has 126 valence electrons. The topological polar surface area (TPSA) is 49.3 Å². The SMILES string of the molecule is CN(Cc1ccccc1)c1ncc(C(=O)N(C)c2ccccc2)cn1. The quantitative estimate of drug-likeness (QED) is 0.718. The fourth-order valence-electron chi connectivity index (χ4n) is 2.52. The van der Waals surface area contributed by atoms with Crippen molar-refractivity contribution in [2.75, 3.05) is 23.9 Å². The first-order chi connectivity index (χ1) is 12.1. The van der Waals surface area contributed by atoms with Gasteiger partial charge in [-0.05, 0) is 17.7 Å². The maximum absolute atomic E-state index is 12.5. The van der Waals surface area contributed by atoms with Crippen LogP contribution in [-0.2, 0) is 6.54 Å². The van der Waals surface area contributed by atoms with Gasteiger partial charge in [0.2, 0.25) is 5.95 Å². The van der Waals surface area contributed by atoms with Gasteiger partial charge in [0.05, 0.1) is 5.56 Å². The number of benzene rings is 2. The van der Waals surface area contributed by atoms with Gasteiger partial charge in [-0.2, -0.15) is 0 Å². The lowest BCUT2D eigenvalue weighted by atomic mass is 10.2. The molecule has 0 unspecified atom stereocenters. The van der Waals surface area contributed by atoms with Crippen LogP contribution in [0.4, 0.5) is 11.6 Å². The van der Waals surface area contributed by atoms with E-state index in [1.165, 1.54) is 5.56 Å². The summed E-state index contributed by atoms with van der Waals surface area (Å²) in [6, 6.07) is 19.6. The standard InChI is InChI=1S/C20H20N4O/c1-23(15-16-9-5-3-6-10-16)20-21-13-17(14-22-20)19(25)24(2)18-11-7-4-8-12-18/h3-14H,15H2,1-2H3. The third-order valence-electron chi connectivity index (χ3n) is 3.94. The van der Waals surface area contributed by atoms with E-state index in [0.717, 1.165) is 5.69 Å². The Morgan fingerprint density at radius 2 is 1.44 bits per heavy atom. The maximum Gasteiger partial charge on any atom is 0.261 e. The van der Waals surface area contributed by atoms with Crippen molar-refractivity contribution >= 4 is 17.5 Å². The second-order valence-electron chi connectivity index (χ2n) is 5.81. The zero-order chi connectivity index (χ0) is 17.6. The van der Waals surface area contributed by atoms with E-state index in [2.05, 4.69) is 22.1 Å². The van der Waals surface area contributed by atoms with E-state index in [1.807, 2.05) is 60.5 Å². The molecule has 0 bridgehead atoms. The maximum atomic E-state index is 12.5. The molecule has 0 saturated carbocycles. The van der Waals surface area contributed by atoms with Gasteiger partial charge in [-0.1, -0.05) is 48.5 Å². The number of nitrogens with zero attached hydrogens (tertiary/aromatic N) is 4. The number of aromatic nitrogens is 2. The van der Waals surface area contributed by atoms with Gasteiger partial charge >= 0.3 is 0 Å². The summed E-state index contributed by atoms with van der Waals surface area (Å²) in [7, 11) is 3.67. The van der Waals surface area contributed by atoms with E-state index >= 15 is 0 Å². The van der Waals surface area contributed by atoms with Crippen LogP contribution >= 0.6 is 0 Å². The molecule has 0 aliphatic carbocycles. The average Bonchev–Trinajstić information content (AvgIpc) is 2.68. The van der Waals surface area contributed by atoms with Gasteiger partial charge in [0, 0.05) is 38.7 Å². The molecular formula is C20H20N4O. The minimum atomic E-state index is -0.136. The predicted octanol–water partition coefficient (Wildman–Crippen LogP) is 3.39. The van der Waals surface area contributed by atoms with Crippen molar-refractivity contribution in [3.05, 3.63) is 84.2 Å². The number of para-hydroxylation sites is 1. The predicted molar refractivity (Wildman–Crippen MR) is 99.8 cm³/mol. The summed E-state index contributed by atoms with van der Waals surface area (Å²) in [5, 5.41) is 0.